The van der Waals surface area contributed by atoms with Gasteiger partial charge in [-0.1, -0.05) is 55.4 Å². The maximum absolute atomic E-state index is 2.42. The molecule has 2 heteroatoms. The van der Waals surface area contributed by atoms with Crippen LogP contribution >= 0.6 is 0 Å². The first-order valence-corrected chi connectivity index (χ1v) is 6.17. The summed E-state index contributed by atoms with van der Waals surface area (Å²) in [4.78, 5) is 4.83. The first kappa shape index (κ1) is 14.9. The molecule has 0 aromatic carbocycles. The molecule has 0 rings (SSSR count). The van der Waals surface area contributed by atoms with Crippen LogP contribution in [0.15, 0.2) is 0 Å². The molecule has 0 radical (unpaired) electrons. The molecule has 0 aliphatic rings. The van der Waals surface area contributed by atoms with E-state index < -0.39 is 0 Å². The lowest BCUT2D eigenvalue weighted by atomic mass is 10.2. The highest BCUT2D eigenvalue weighted by atomic mass is 15.3. The first-order valence-electron chi connectivity index (χ1n) is 6.17. The van der Waals surface area contributed by atoms with Crippen LogP contribution in [-0.4, -0.2) is 34.0 Å². The zero-order valence-electron chi connectivity index (χ0n) is 11.8. The minimum atomic E-state index is 0.560. The van der Waals surface area contributed by atoms with E-state index in [9.17, 15) is 0 Å². The molecular weight excluding hydrogens is 184 g/mol. The molecule has 92 valence electrons. The monoisotopic (exact) mass is 213 g/mol. The van der Waals surface area contributed by atoms with Crippen LogP contribution in [0, 0.1) is 6.67 Å². The largest absolute Gasteiger partial charge is 0.438 e. The Balaban J connectivity index is 4.48. The van der Waals surface area contributed by atoms with Crippen molar-refractivity contribution in [3.05, 3.63) is 6.67 Å². The highest BCUT2D eigenvalue weighted by molar-refractivity contribution is 4.81. The Kier molecular flexibility index (Phi) is 6.46. The zero-order chi connectivity index (χ0) is 12.2. The minimum absolute atomic E-state index is 0.560. The van der Waals surface area contributed by atoms with Crippen molar-refractivity contribution in [3.63, 3.8) is 0 Å². The molecule has 0 atom stereocenters. The summed E-state index contributed by atoms with van der Waals surface area (Å²) < 4.78 is 0. The first-order chi connectivity index (χ1) is 6.77. The summed E-state index contributed by atoms with van der Waals surface area (Å²) in [6.45, 7) is 20.3. The van der Waals surface area contributed by atoms with E-state index in [0.717, 1.165) is 0 Å². The van der Waals surface area contributed by atoms with Gasteiger partial charge in [-0.15, -0.1) is 0 Å². The summed E-state index contributed by atoms with van der Waals surface area (Å²) >= 11 is 0. The Morgan fingerprint density at radius 2 is 0.733 bits per heavy atom. The Morgan fingerprint density at radius 3 is 0.867 bits per heavy atom. The second-order valence-corrected chi connectivity index (χ2v) is 5.38. The molecule has 0 amide bonds. The Hall–Kier alpha value is -0.0800. The van der Waals surface area contributed by atoms with E-state index in [4.69, 9.17) is 0 Å². The molecule has 0 fully saturated rings. The van der Waals surface area contributed by atoms with Gasteiger partial charge in [-0.05, 0) is 24.2 Å². The molecular formula is C13H29N2-. The smallest absolute Gasteiger partial charge is 0.0229 e. The highest BCUT2D eigenvalue weighted by Gasteiger charge is 2.11. The van der Waals surface area contributed by atoms with Gasteiger partial charge in [0.1, 0.15) is 0 Å². The van der Waals surface area contributed by atoms with Gasteiger partial charge in [-0.25, -0.2) is 6.67 Å². The van der Waals surface area contributed by atoms with E-state index in [1.165, 1.54) is 0 Å². The minimum Gasteiger partial charge on any atom is -0.438 e. The molecule has 0 unspecified atom stereocenters. The fourth-order valence-electron chi connectivity index (χ4n) is 1.88. The lowest BCUT2D eigenvalue weighted by Crippen LogP contribution is -2.45. The lowest BCUT2D eigenvalue weighted by molar-refractivity contribution is 0.0969. The summed E-state index contributed by atoms with van der Waals surface area (Å²) in [5.74, 6) is 0. The average Bonchev–Trinajstić information content (AvgIpc) is 2.01. The fraction of sp³-hybridized carbons (Fsp3) is 0.923. The van der Waals surface area contributed by atoms with E-state index in [1.54, 1.807) is 0 Å². The van der Waals surface area contributed by atoms with Crippen LogP contribution in [0.2, 0.25) is 0 Å². The van der Waals surface area contributed by atoms with Crippen molar-refractivity contribution in [2.24, 2.45) is 0 Å². The third-order valence-electron chi connectivity index (χ3n) is 2.65. The topological polar surface area (TPSA) is 6.48 Å². The van der Waals surface area contributed by atoms with E-state index in [1.807, 2.05) is 0 Å². The summed E-state index contributed by atoms with van der Waals surface area (Å²) in [7, 11) is 0. The zero-order valence-corrected chi connectivity index (χ0v) is 11.8. The predicted octanol–water partition coefficient (Wildman–Crippen LogP) is 3.34. The molecule has 0 saturated heterocycles. The van der Waals surface area contributed by atoms with Gasteiger partial charge >= 0.3 is 0 Å². The van der Waals surface area contributed by atoms with E-state index in [-0.39, 0.29) is 0 Å². The van der Waals surface area contributed by atoms with Crippen LogP contribution < -0.4 is 0 Å². The Morgan fingerprint density at radius 1 is 0.533 bits per heavy atom. The average molecular weight is 213 g/mol. The van der Waals surface area contributed by atoms with Crippen molar-refractivity contribution in [1.82, 2.24) is 9.80 Å². The number of nitrogens with zero attached hydrogens (tertiary/aromatic N) is 2. The molecule has 0 N–H and O–H groups in total. The Bertz CT molecular complexity index is 128. The molecule has 0 saturated carbocycles. The quantitative estimate of drug-likeness (QED) is 0.624. The van der Waals surface area contributed by atoms with Gasteiger partial charge in [-0.2, -0.15) is 0 Å². The third kappa shape index (κ3) is 4.98. The second kappa shape index (κ2) is 6.49. The van der Waals surface area contributed by atoms with Gasteiger partial charge in [0.25, 0.3) is 0 Å². The molecule has 15 heavy (non-hydrogen) atoms. The van der Waals surface area contributed by atoms with Crippen LogP contribution in [0.3, 0.4) is 0 Å². The summed E-state index contributed by atoms with van der Waals surface area (Å²) in [6.07, 6.45) is 0. The van der Waals surface area contributed by atoms with Crippen molar-refractivity contribution in [3.8, 4) is 0 Å². The van der Waals surface area contributed by atoms with Gasteiger partial charge in [0.2, 0.25) is 0 Å². The molecule has 2 nitrogen and oxygen atoms in total. The normalized spacial score (nSPS) is 13.2. The number of hydrogen-bond donors (Lipinski definition) is 0. The third-order valence-corrected chi connectivity index (χ3v) is 2.65. The summed E-state index contributed by atoms with van der Waals surface area (Å²) in [5, 5.41) is 0. The molecule has 0 bridgehead atoms. The van der Waals surface area contributed by atoms with Gasteiger partial charge in [0.05, 0.1) is 0 Å². The predicted molar refractivity (Wildman–Crippen MR) is 68.5 cm³/mol. The van der Waals surface area contributed by atoms with Crippen LogP contribution in [-0.2, 0) is 0 Å². The van der Waals surface area contributed by atoms with Gasteiger partial charge < -0.3 is 9.80 Å². The van der Waals surface area contributed by atoms with Crippen LogP contribution in [0.5, 0.6) is 0 Å². The van der Waals surface area contributed by atoms with Crippen molar-refractivity contribution in [1.29, 1.82) is 0 Å². The van der Waals surface area contributed by atoms with Crippen LogP contribution in [0.25, 0.3) is 0 Å². The SMILES string of the molecule is CC(C)N([CH-]N(C(C)C)C(C)C)C(C)C. The van der Waals surface area contributed by atoms with E-state index in [2.05, 4.69) is 71.9 Å². The van der Waals surface area contributed by atoms with Crippen molar-refractivity contribution in [2.45, 2.75) is 79.6 Å². The summed E-state index contributed by atoms with van der Waals surface area (Å²) in [5.41, 5.74) is 0. The lowest BCUT2D eigenvalue weighted by Gasteiger charge is -2.50. The van der Waals surface area contributed by atoms with Gasteiger partial charge in [-0.3, -0.25) is 0 Å². The number of hydrogen-bond acceptors (Lipinski definition) is 2. The maximum Gasteiger partial charge on any atom is -0.0229 e. The fourth-order valence-corrected chi connectivity index (χ4v) is 1.88. The maximum atomic E-state index is 2.42. The van der Waals surface area contributed by atoms with Crippen LogP contribution in [0.1, 0.15) is 55.4 Å². The van der Waals surface area contributed by atoms with Crippen molar-refractivity contribution < 1.29 is 0 Å². The molecule has 0 aromatic heterocycles. The van der Waals surface area contributed by atoms with E-state index in [0.29, 0.717) is 24.2 Å². The van der Waals surface area contributed by atoms with Crippen LogP contribution in [0.4, 0.5) is 0 Å². The Labute approximate surface area is 96.6 Å². The van der Waals surface area contributed by atoms with Crippen molar-refractivity contribution in [2.75, 3.05) is 0 Å². The molecule has 0 aliphatic heterocycles. The number of rotatable bonds is 6. The van der Waals surface area contributed by atoms with Gasteiger partial charge in [0, 0.05) is 0 Å². The highest BCUT2D eigenvalue weighted by Crippen LogP contribution is 2.15. The standard InChI is InChI=1S/C13H29N2/c1-10(2)14(11(3)4)9-15(12(5)6)13(7)8/h9-13H,1-8H3/q-1. The summed E-state index contributed by atoms with van der Waals surface area (Å²) in [6, 6.07) is 2.24. The van der Waals surface area contributed by atoms with E-state index >= 15 is 0 Å². The molecule has 0 heterocycles. The molecule has 0 aliphatic carbocycles. The van der Waals surface area contributed by atoms with Gasteiger partial charge in [0.15, 0.2) is 0 Å². The van der Waals surface area contributed by atoms with Crippen molar-refractivity contribution >= 4 is 0 Å². The molecule has 0 aromatic rings. The molecule has 0 spiro atoms. The second-order valence-electron chi connectivity index (χ2n) is 5.38.